The minimum absolute atomic E-state index is 0.479. The number of primary amides is 1. The minimum Gasteiger partial charge on any atom is -0.351 e. The minimum atomic E-state index is -0.509. The van der Waals surface area contributed by atoms with Gasteiger partial charge in [-0.1, -0.05) is 11.3 Å². The van der Waals surface area contributed by atoms with Crippen molar-refractivity contribution in [1.82, 2.24) is 25.6 Å². The highest BCUT2D eigenvalue weighted by Gasteiger charge is 2.15. The maximum absolute atomic E-state index is 11.3. The number of hydrogen-bond donors (Lipinski definition) is 2. The van der Waals surface area contributed by atoms with Crippen LogP contribution in [0.4, 0.5) is 9.93 Å². The van der Waals surface area contributed by atoms with Crippen LogP contribution in [0.25, 0.3) is 21.6 Å². The van der Waals surface area contributed by atoms with E-state index in [1.807, 2.05) is 25.1 Å². The largest absolute Gasteiger partial charge is 0.351 e. The molecule has 0 aliphatic carbocycles. The Hall–Kier alpha value is -2.55. The average Bonchev–Trinajstić information content (AvgIpc) is 3.07. The molecular weight excluding hydrogens is 278 g/mol. The van der Waals surface area contributed by atoms with Crippen molar-refractivity contribution in [3.05, 3.63) is 18.2 Å². The Balaban J connectivity index is 2.05. The molecule has 0 unspecified atom stereocenters. The molecule has 0 spiro atoms. The number of carbonyl (C=O) groups excluding carboxylic acids is 1. The number of hydrogen-bond acceptors (Lipinski definition) is 6. The van der Waals surface area contributed by atoms with Gasteiger partial charge < -0.3 is 5.73 Å². The summed E-state index contributed by atoms with van der Waals surface area (Å²) >= 11 is 1.40. The van der Waals surface area contributed by atoms with Crippen LogP contribution in [-0.2, 0) is 0 Å². The summed E-state index contributed by atoms with van der Waals surface area (Å²) in [5.74, 6) is 0.518. The van der Waals surface area contributed by atoms with Crippen molar-refractivity contribution in [3.8, 4) is 11.4 Å². The molecule has 0 saturated heterocycles. The van der Waals surface area contributed by atoms with Gasteiger partial charge in [-0.2, -0.15) is 5.21 Å². The summed E-state index contributed by atoms with van der Waals surface area (Å²) in [5.41, 5.74) is 6.97. The second-order valence-corrected chi connectivity index (χ2v) is 5.01. The molecule has 0 bridgehead atoms. The number of fused-ring (bicyclic) bond motifs is 1. The van der Waals surface area contributed by atoms with Crippen molar-refractivity contribution in [2.45, 2.75) is 6.92 Å². The van der Waals surface area contributed by atoms with E-state index in [9.17, 15) is 4.79 Å². The Morgan fingerprint density at radius 1 is 1.50 bits per heavy atom. The molecule has 0 radical (unpaired) electrons. The lowest BCUT2D eigenvalue weighted by atomic mass is 10.2. The average molecular weight is 289 g/mol. The van der Waals surface area contributed by atoms with Crippen molar-refractivity contribution in [2.24, 2.45) is 5.73 Å². The summed E-state index contributed by atoms with van der Waals surface area (Å²) < 4.78 is 0.932. The third kappa shape index (κ3) is 2.07. The van der Waals surface area contributed by atoms with Crippen LogP contribution in [0.3, 0.4) is 0 Å². The van der Waals surface area contributed by atoms with Gasteiger partial charge in [-0.3, -0.25) is 4.90 Å². The Bertz CT molecular complexity index is 751. The first-order valence-electron chi connectivity index (χ1n) is 5.90. The van der Waals surface area contributed by atoms with Crippen molar-refractivity contribution < 1.29 is 4.79 Å². The van der Waals surface area contributed by atoms with Crippen LogP contribution in [-0.4, -0.2) is 38.2 Å². The first-order chi connectivity index (χ1) is 9.69. The van der Waals surface area contributed by atoms with Crippen LogP contribution in [0.1, 0.15) is 6.92 Å². The molecule has 0 aliphatic rings. The zero-order chi connectivity index (χ0) is 14.1. The Labute approximate surface area is 117 Å². The molecule has 0 fully saturated rings. The van der Waals surface area contributed by atoms with Gasteiger partial charge in [0.05, 0.1) is 10.2 Å². The highest BCUT2D eigenvalue weighted by Crippen LogP contribution is 2.31. The standard InChI is InChI=1S/C11H11N7OS/c1-2-18(10(12)19)11-13-7-4-3-6(5-8(7)20-11)9-14-16-17-15-9/h3-5H,2H2,1H3,(H2,12,19)(H,14,15,16,17). The molecule has 102 valence electrons. The maximum atomic E-state index is 11.3. The zero-order valence-electron chi connectivity index (χ0n) is 10.6. The van der Waals surface area contributed by atoms with E-state index in [1.54, 1.807) is 0 Å². The fourth-order valence-electron chi connectivity index (χ4n) is 1.84. The lowest BCUT2D eigenvalue weighted by Gasteiger charge is -2.13. The maximum Gasteiger partial charge on any atom is 0.321 e. The van der Waals surface area contributed by atoms with Crippen LogP contribution in [0.5, 0.6) is 0 Å². The molecule has 2 heterocycles. The second-order valence-electron chi connectivity index (χ2n) is 4.00. The number of rotatable bonds is 3. The number of carbonyl (C=O) groups is 1. The number of H-pyrrole nitrogens is 1. The normalized spacial score (nSPS) is 10.8. The summed E-state index contributed by atoms with van der Waals surface area (Å²) in [6.45, 7) is 2.33. The lowest BCUT2D eigenvalue weighted by Crippen LogP contribution is -2.35. The van der Waals surface area contributed by atoms with E-state index in [4.69, 9.17) is 5.73 Å². The van der Waals surface area contributed by atoms with E-state index >= 15 is 0 Å². The van der Waals surface area contributed by atoms with Crippen molar-refractivity contribution in [1.29, 1.82) is 0 Å². The van der Waals surface area contributed by atoms with E-state index in [0.717, 1.165) is 15.8 Å². The Morgan fingerprint density at radius 3 is 3.00 bits per heavy atom. The van der Waals surface area contributed by atoms with Gasteiger partial charge in [0.15, 0.2) is 5.13 Å². The summed E-state index contributed by atoms with van der Waals surface area (Å²) in [4.78, 5) is 17.2. The zero-order valence-corrected chi connectivity index (χ0v) is 11.4. The van der Waals surface area contributed by atoms with Gasteiger partial charge in [-0.15, -0.1) is 10.2 Å². The third-order valence-electron chi connectivity index (χ3n) is 2.79. The van der Waals surface area contributed by atoms with Crippen LogP contribution >= 0.6 is 11.3 Å². The van der Waals surface area contributed by atoms with Crippen LogP contribution in [0, 0.1) is 0 Å². The number of aromatic amines is 1. The van der Waals surface area contributed by atoms with Crippen LogP contribution < -0.4 is 10.6 Å². The first-order valence-corrected chi connectivity index (χ1v) is 6.72. The number of urea groups is 1. The molecule has 20 heavy (non-hydrogen) atoms. The number of benzene rings is 1. The number of tetrazole rings is 1. The number of nitrogens with one attached hydrogen (secondary N) is 1. The fraction of sp³-hybridized carbons (Fsp3) is 0.182. The summed E-state index contributed by atoms with van der Waals surface area (Å²) in [7, 11) is 0. The third-order valence-corrected chi connectivity index (χ3v) is 3.84. The number of thiazole rings is 1. The summed E-state index contributed by atoms with van der Waals surface area (Å²) in [6.07, 6.45) is 0. The molecule has 2 amide bonds. The van der Waals surface area contributed by atoms with Gasteiger partial charge in [-0.25, -0.2) is 9.78 Å². The van der Waals surface area contributed by atoms with Gasteiger partial charge >= 0.3 is 6.03 Å². The number of nitrogens with two attached hydrogens (primary N) is 1. The molecule has 3 rings (SSSR count). The van der Waals surface area contributed by atoms with E-state index < -0.39 is 6.03 Å². The fourth-order valence-corrected chi connectivity index (χ4v) is 2.91. The predicted molar refractivity (Wildman–Crippen MR) is 75.4 cm³/mol. The number of amides is 2. The van der Waals surface area contributed by atoms with Gasteiger partial charge in [0.25, 0.3) is 0 Å². The molecule has 2 aromatic heterocycles. The van der Waals surface area contributed by atoms with Gasteiger partial charge in [0.1, 0.15) is 0 Å². The van der Waals surface area contributed by atoms with E-state index in [2.05, 4.69) is 25.6 Å². The van der Waals surface area contributed by atoms with Gasteiger partial charge in [0, 0.05) is 12.1 Å². The van der Waals surface area contributed by atoms with Crippen LogP contribution in [0.2, 0.25) is 0 Å². The molecule has 8 nitrogen and oxygen atoms in total. The molecule has 9 heteroatoms. The Morgan fingerprint density at radius 2 is 2.35 bits per heavy atom. The molecule has 0 saturated carbocycles. The second kappa shape index (κ2) is 4.85. The number of anilines is 1. The molecule has 0 atom stereocenters. The summed E-state index contributed by atoms with van der Waals surface area (Å²) in [6, 6.07) is 5.12. The monoisotopic (exact) mass is 289 g/mol. The summed E-state index contributed by atoms with van der Waals surface area (Å²) in [5, 5.41) is 14.4. The van der Waals surface area contributed by atoms with Crippen molar-refractivity contribution >= 4 is 32.7 Å². The van der Waals surface area contributed by atoms with Gasteiger partial charge in [-0.05, 0) is 30.3 Å². The smallest absolute Gasteiger partial charge is 0.321 e. The van der Waals surface area contributed by atoms with E-state index in [1.165, 1.54) is 16.2 Å². The quantitative estimate of drug-likeness (QED) is 0.756. The predicted octanol–water partition coefficient (Wildman–Crippen LogP) is 1.38. The molecule has 0 aliphatic heterocycles. The first kappa shape index (κ1) is 12.5. The topological polar surface area (TPSA) is 114 Å². The lowest BCUT2D eigenvalue weighted by molar-refractivity contribution is 0.254. The van der Waals surface area contributed by atoms with E-state index in [-0.39, 0.29) is 0 Å². The highest BCUT2D eigenvalue weighted by atomic mass is 32.1. The van der Waals surface area contributed by atoms with E-state index in [0.29, 0.717) is 17.5 Å². The van der Waals surface area contributed by atoms with Crippen LogP contribution in [0.15, 0.2) is 18.2 Å². The molecule has 3 aromatic rings. The molecular formula is C11H11N7OS. The van der Waals surface area contributed by atoms with Crippen molar-refractivity contribution in [2.75, 3.05) is 11.4 Å². The number of nitrogens with zero attached hydrogens (tertiary/aromatic N) is 5. The van der Waals surface area contributed by atoms with Gasteiger partial charge in [0.2, 0.25) is 5.82 Å². The van der Waals surface area contributed by atoms with Crippen molar-refractivity contribution in [3.63, 3.8) is 0 Å². The SMILES string of the molecule is CCN(C(N)=O)c1nc2ccc(-c3nn[nH]n3)cc2s1. The molecule has 1 aromatic carbocycles. The highest BCUT2D eigenvalue weighted by molar-refractivity contribution is 7.22. The Kier molecular flexibility index (Phi) is 3.03. The number of aromatic nitrogens is 5. The molecule has 3 N–H and O–H groups in total.